The molecule has 0 atom stereocenters. The molecule has 1 nitrogen and oxygen atoms in total. The van der Waals surface area contributed by atoms with Crippen molar-refractivity contribution in [2.75, 3.05) is 0 Å². The number of carbonyl (C=O) groups excluding carboxylic acids is 1. The molecule has 0 fully saturated rings. The van der Waals surface area contributed by atoms with Gasteiger partial charge >= 0.3 is 0 Å². The Bertz CT molecular complexity index is 328. The Morgan fingerprint density at radius 1 is 1.29 bits per heavy atom. The van der Waals surface area contributed by atoms with Crippen LogP contribution in [-0.2, 0) is 24.1 Å². The fourth-order valence-electron chi connectivity index (χ4n) is 2.31. The topological polar surface area (TPSA) is 17.1 Å². The van der Waals surface area contributed by atoms with Gasteiger partial charge in [-0.15, -0.1) is 0 Å². The van der Waals surface area contributed by atoms with Crippen LogP contribution in [0.1, 0.15) is 36.0 Å². The summed E-state index contributed by atoms with van der Waals surface area (Å²) in [5.74, 6) is 0. The van der Waals surface area contributed by atoms with E-state index >= 15 is 0 Å². The maximum Gasteiger partial charge on any atom is 0.120 e. The zero-order chi connectivity index (χ0) is 9.80. The predicted octanol–water partition coefficient (Wildman–Crippen LogP) is 2.70. The lowest BCUT2D eigenvalue weighted by Crippen LogP contribution is -1.93. The van der Waals surface area contributed by atoms with Crippen molar-refractivity contribution in [3.8, 4) is 0 Å². The van der Waals surface area contributed by atoms with Gasteiger partial charge < -0.3 is 4.79 Å². The molecule has 0 spiro atoms. The third kappa shape index (κ3) is 1.87. The van der Waals surface area contributed by atoms with Crippen LogP contribution in [-0.4, -0.2) is 6.29 Å². The van der Waals surface area contributed by atoms with E-state index in [0.29, 0.717) is 6.42 Å². The van der Waals surface area contributed by atoms with Gasteiger partial charge in [0.2, 0.25) is 0 Å². The molecule has 0 bridgehead atoms. The van der Waals surface area contributed by atoms with Crippen LogP contribution in [0.3, 0.4) is 0 Å². The number of fused-ring (bicyclic) bond motifs is 1. The molecule has 0 aliphatic heterocycles. The molecule has 0 heterocycles. The lowest BCUT2D eigenvalue weighted by molar-refractivity contribution is -0.107. The highest BCUT2D eigenvalue weighted by Crippen LogP contribution is 2.26. The van der Waals surface area contributed by atoms with Crippen molar-refractivity contribution in [2.45, 2.75) is 38.5 Å². The van der Waals surface area contributed by atoms with Gasteiger partial charge in [0.15, 0.2) is 0 Å². The molecule has 1 heteroatoms. The van der Waals surface area contributed by atoms with Gasteiger partial charge in [0.05, 0.1) is 0 Å². The van der Waals surface area contributed by atoms with Crippen molar-refractivity contribution in [2.24, 2.45) is 0 Å². The Hall–Kier alpha value is -1.11. The lowest BCUT2D eigenvalue weighted by Gasteiger charge is -2.06. The smallest absolute Gasteiger partial charge is 0.120 e. The highest BCUT2D eigenvalue weighted by Gasteiger charge is 2.13. The van der Waals surface area contributed by atoms with Crippen molar-refractivity contribution in [3.63, 3.8) is 0 Å². The molecular formula is C13H16O. The van der Waals surface area contributed by atoms with Crippen LogP contribution in [0.25, 0.3) is 0 Å². The number of benzene rings is 1. The fraction of sp³-hybridized carbons (Fsp3) is 0.462. The van der Waals surface area contributed by atoms with Gasteiger partial charge in [-0.05, 0) is 48.8 Å². The maximum absolute atomic E-state index is 10.2. The molecule has 0 amide bonds. The second-order valence-corrected chi connectivity index (χ2v) is 3.97. The number of hydrogen-bond donors (Lipinski definition) is 0. The Balaban J connectivity index is 2.10. The largest absolute Gasteiger partial charge is 0.303 e. The predicted molar refractivity (Wildman–Crippen MR) is 57.5 cm³/mol. The standard InChI is InChI=1S/C13H16O/c14-10-2-1-5-11-6-3-7-12-8-4-9-13(11)12/h3,6-7,10H,1-2,4-5,8-9H2. The number of carbonyl (C=O) groups is 1. The highest BCUT2D eigenvalue weighted by molar-refractivity contribution is 5.49. The minimum absolute atomic E-state index is 0.698. The second kappa shape index (κ2) is 4.41. The molecule has 1 aliphatic carbocycles. The number of hydrogen-bond acceptors (Lipinski definition) is 1. The minimum Gasteiger partial charge on any atom is -0.303 e. The van der Waals surface area contributed by atoms with Gasteiger partial charge in [-0.25, -0.2) is 0 Å². The first-order valence-electron chi connectivity index (χ1n) is 5.45. The third-order valence-electron chi connectivity index (χ3n) is 3.01. The second-order valence-electron chi connectivity index (χ2n) is 3.97. The summed E-state index contributed by atoms with van der Waals surface area (Å²) in [6, 6.07) is 6.61. The Morgan fingerprint density at radius 2 is 2.21 bits per heavy atom. The van der Waals surface area contributed by atoms with Crippen LogP contribution in [0.2, 0.25) is 0 Å². The fourth-order valence-corrected chi connectivity index (χ4v) is 2.31. The van der Waals surface area contributed by atoms with Gasteiger partial charge in [-0.3, -0.25) is 0 Å². The van der Waals surface area contributed by atoms with Crippen LogP contribution in [0, 0.1) is 0 Å². The number of rotatable bonds is 4. The molecule has 0 saturated carbocycles. The summed E-state index contributed by atoms with van der Waals surface area (Å²) in [5, 5.41) is 0. The zero-order valence-electron chi connectivity index (χ0n) is 8.46. The Kier molecular flexibility index (Phi) is 2.97. The molecule has 0 N–H and O–H groups in total. The SMILES string of the molecule is O=CCCCc1cccc2c1CCC2. The van der Waals surface area contributed by atoms with Gasteiger partial charge in [-0.2, -0.15) is 0 Å². The van der Waals surface area contributed by atoms with Crippen LogP contribution < -0.4 is 0 Å². The summed E-state index contributed by atoms with van der Waals surface area (Å²) in [5.41, 5.74) is 4.58. The third-order valence-corrected chi connectivity index (χ3v) is 3.01. The first-order valence-corrected chi connectivity index (χ1v) is 5.45. The molecule has 1 aromatic rings. The van der Waals surface area contributed by atoms with E-state index in [9.17, 15) is 4.79 Å². The molecule has 0 aromatic heterocycles. The van der Waals surface area contributed by atoms with Crippen molar-refractivity contribution < 1.29 is 4.79 Å². The van der Waals surface area contributed by atoms with Gasteiger partial charge in [0.25, 0.3) is 0 Å². The van der Waals surface area contributed by atoms with Crippen LogP contribution >= 0.6 is 0 Å². The molecular weight excluding hydrogens is 172 g/mol. The van der Waals surface area contributed by atoms with Crippen molar-refractivity contribution in [3.05, 3.63) is 34.9 Å². The molecule has 0 unspecified atom stereocenters. The van der Waals surface area contributed by atoms with E-state index in [1.165, 1.54) is 30.4 Å². The van der Waals surface area contributed by atoms with E-state index in [2.05, 4.69) is 18.2 Å². The summed E-state index contributed by atoms with van der Waals surface area (Å²) in [6.07, 6.45) is 7.58. The van der Waals surface area contributed by atoms with E-state index < -0.39 is 0 Å². The van der Waals surface area contributed by atoms with Crippen LogP contribution in [0.15, 0.2) is 18.2 Å². The summed E-state index contributed by atoms with van der Waals surface area (Å²) in [6.45, 7) is 0. The molecule has 1 aliphatic rings. The van der Waals surface area contributed by atoms with Crippen molar-refractivity contribution in [1.29, 1.82) is 0 Å². The van der Waals surface area contributed by atoms with Crippen LogP contribution in [0.4, 0.5) is 0 Å². The molecule has 0 saturated heterocycles. The number of unbranched alkanes of at least 4 members (excludes halogenated alkanes) is 1. The molecule has 14 heavy (non-hydrogen) atoms. The van der Waals surface area contributed by atoms with Gasteiger partial charge in [-0.1, -0.05) is 18.2 Å². The Labute approximate surface area is 85.1 Å². The summed E-state index contributed by atoms with van der Waals surface area (Å²) in [7, 11) is 0. The quantitative estimate of drug-likeness (QED) is 0.524. The molecule has 1 aromatic carbocycles. The van der Waals surface area contributed by atoms with Crippen molar-refractivity contribution in [1.82, 2.24) is 0 Å². The Morgan fingerprint density at radius 3 is 3.07 bits per heavy atom. The number of aldehydes is 1. The van der Waals surface area contributed by atoms with E-state index in [4.69, 9.17) is 0 Å². The van der Waals surface area contributed by atoms with Gasteiger partial charge in [0, 0.05) is 6.42 Å². The molecule has 0 radical (unpaired) electrons. The lowest BCUT2D eigenvalue weighted by atomic mass is 9.99. The zero-order valence-corrected chi connectivity index (χ0v) is 8.46. The summed E-state index contributed by atoms with van der Waals surface area (Å²) < 4.78 is 0. The van der Waals surface area contributed by atoms with E-state index in [1.807, 2.05) is 0 Å². The average molecular weight is 188 g/mol. The average Bonchev–Trinajstić information content (AvgIpc) is 2.67. The first kappa shape index (κ1) is 9.45. The highest BCUT2D eigenvalue weighted by atomic mass is 16.1. The normalized spacial score (nSPS) is 14.0. The monoisotopic (exact) mass is 188 g/mol. The molecule has 74 valence electrons. The first-order chi connectivity index (χ1) is 6.92. The van der Waals surface area contributed by atoms with Crippen molar-refractivity contribution >= 4 is 6.29 Å². The maximum atomic E-state index is 10.2. The summed E-state index contributed by atoms with van der Waals surface area (Å²) in [4.78, 5) is 10.2. The van der Waals surface area contributed by atoms with E-state index in [0.717, 1.165) is 19.1 Å². The summed E-state index contributed by atoms with van der Waals surface area (Å²) >= 11 is 0. The molecule has 2 rings (SSSR count). The van der Waals surface area contributed by atoms with E-state index in [1.54, 1.807) is 5.56 Å². The van der Waals surface area contributed by atoms with Gasteiger partial charge in [0.1, 0.15) is 6.29 Å². The van der Waals surface area contributed by atoms with Crippen LogP contribution in [0.5, 0.6) is 0 Å². The van der Waals surface area contributed by atoms with E-state index in [-0.39, 0.29) is 0 Å². The number of aryl methyl sites for hydroxylation is 2. The minimum atomic E-state index is 0.698.